The summed E-state index contributed by atoms with van der Waals surface area (Å²) < 4.78 is 0. The molecule has 7 heavy (non-hydrogen) atoms. The minimum absolute atomic E-state index is 0.0926. The van der Waals surface area contributed by atoms with E-state index in [1.165, 1.54) is 0 Å². The molecule has 0 atom stereocenters. The summed E-state index contributed by atoms with van der Waals surface area (Å²) >= 11 is 4.30. The third-order valence-electron chi connectivity index (χ3n) is 0.391. The van der Waals surface area contributed by atoms with Crippen molar-refractivity contribution in [1.82, 2.24) is 0 Å². The van der Waals surface area contributed by atoms with Crippen molar-refractivity contribution >= 4 is 18.9 Å². The third kappa shape index (κ3) is 1.90. The van der Waals surface area contributed by atoms with Gasteiger partial charge in [-0.1, -0.05) is 0 Å². The molecule has 0 rings (SSSR count). The Morgan fingerprint density at radius 3 is 2.43 bits per heavy atom. The van der Waals surface area contributed by atoms with E-state index in [2.05, 4.69) is 24.0 Å². The van der Waals surface area contributed by atoms with E-state index in [4.69, 9.17) is 0 Å². The zero-order chi connectivity index (χ0) is 5.70. The molecule has 0 bridgehead atoms. The Bertz CT molecular complexity index is 133. The highest BCUT2D eigenvalue weighted by Gasteiger charge is 1.92. The standard InChI is InChI=1S/C4H3NOS/c1-5-4(2-6)3-7/h1-3H. The lowest BCUT2D eigenvalue weighted by Gasteiger charge is -1.75. The van der Waals surface area contributed by atoms with E-state index in [1.54, 1.807) is 0 Å². The molecule has 0 aromatic heterocycles. The number of hydrogen-bond acceptors (Lipinski definition) is 2. The summed E-state index contributed by atoms with van der Waals surface area (Å²) in [5.74, 6) is 0. The lowest BCUT2D eigenvalue weighted by Crippen LogP contribution is -1.70. The first-order valence-corrected chi connectivity index (χ1v) is 2.00. The van der Waals surface area contributed by atoms with Crippen molar-refractivity contribution in [1.29, 1.82) is 0 Å². The van der Waals surface area contributed by atoms with Gasteiger partial charge < -0.3 is 12.6 Å². The molecular weight excluding hydrogens is 110 g/mol. The van der Waals surface area contributed by atoms with E-state index in [0.29, 0.717) is 6.29 Å². The van der Waals surface area contributed by atoms with Crippen molar-refractivity contribution in [2.75, 3.05) is 0 Å². The van der Waals surface area contributed by atoms with Crippen LogP contribution < -0.4 is 0 Å². The van der Waals surface area contributed by atoms with Crippen LogP contribution >= 0.6 is 0 Å². The summed E-state index contributed by atoms with van der Waals surface area (Å²) in [7, 11) is 0. The fourth-order valence-corrected chi connectivity index (χ4v) is 0.205. The van der Waals surface area contributed by atoms with E-state index < -0.39 is 0 Å². The van der Waals surface area contributed by atoms with Gasteiger partial charge in [-0.25, -0.2) is 0 Å². The maximum Gasteiger partial charge on any atom is 0.353 e. The molecule has 0 aliphatic heterocycles. The first kappa shape index (κ1) is 6.12. The molecule has 0 N–H and O–H groups in total. The van der Waals surface area contributed by atoms with Crippen LogP contribution in [0.3, 0.4) is 0 Å². The number of rotatable bonds is 1. The molecule has 0 aromatic carbocycles. The Morgan fingerprint density at radius 1 is 1.86 bits per heavy atom. The predicted octanol–water partition coefficient (Wildman–Crippen LogP) is 0.536. The Morgan fingerprint density at radius 2 is 2.43 bits per heavy atom. The highest BCUT2D eigenvalue weighted by molar-refractivity contribution is 7.62. The van der Waals surface area contributed by atoms with Gasteiger partial charge >= 0.3 is 5.70 Å². The number of allylic oxidation sites excluding steroid dienone is 1. The van der Waals surface area contributed by atoms with Gasteiger partial charge in [0.15, 0.2) is 0 Å². The van der Waals surface area contributed by atoms with Gasteiger partial charge in [-0.2, -0.15) is 0 Å². The first-order chi connectivity index (χ1) is 3.35. The minimum atomic E-state index is 0.0926. The number of nitrogens with zero attached hydrogens (tertiary/aromatic N) is 1. The van der Waals surface area contributed by atoms with Crippen molar-refractivity contribution in [2.24, 2.45) is 0 Å². The second-order valence-corrected chi connectivity index (χ2v) is 1.03. The van der Waals surface area contributed by atoms with Gasteiger partial charge in [-0.05, 0) is 4.85 Å². The van der Waals surface area contributed by atoms with Crippen LogP contribution in [-0.2, 0) is 17.4 Å². The predicted molar refractivity (Wildman–Crippen MR) is 29.8 cm³/mol. The molecule has 0 saturated heterocycles. The van der Waals surface area contributed by atoms with Crippen molar-refractivity contribution in [2.45, 2.75) is 0 Å². The highest BCUT2D eigenvalue weighted by Crippen LogP contribution is 1.85. The largest absolute Gasteiger partial charge is 0.780 e. The molecule has 0 aromatic rings. The third-order valence-corrected chi connectivity index (χ3v) is 0.632. The van der Waals surface area contributed by atoms with Crippen LogP contribution in [0.4, 0.5) is 0 Å². The fourth-order valence-electron chi connectivity index (χ4n) is 0.0886. The average Bonchev–Trinajstić information content (AvgIpc) is 1.72. The fraction of sp³-hybridized carbons (Fsp3) is 0. The lowest BCUT2D eigenvalue weighted by atomic mass is 10.6. The van der Waals surface area contributed by atoms with Crippen molar-refractivity contribution in [3.8, 4) is 6.57 Å². The summed E-state index contributed by atoms with van der Waals surface area (Å²) in [5.41, 5.74) is 0.0926. The smallest absolute Gasteiger partial charge is 0.353 e. The lowest BCUT2D eigenvalue weighted by molar-refractivity contribution is -0.104. The minimum Gasteiger partial charge on any atom is -0.780 e. The summed E-state index contributed by atoms with van der Waals surface area (Å²) in [6.07, 6.45) is 0.493. The normalized spacial score (nSPS) is 9.86. The van der Waals surface area contributed by atoms with Gasteiger partial charge in [0.1, 0.15) is 0 Å². The number of aldehydes is 1. The monoisotopic (exact) mass is 113 g/mol. The van der Waals surface area contributed by atoms with E-state index >= 15 is 0 Å². The van der Waals surface area contributed by atoms with Crippen LogP contribution in [0.25, 0.3) is 4.85 Å². The maximum atomic E-state index is 9.66. The van der Waals surface area contributed by atoms with Crippen LogP contribution in [0.5, 0.6) is 0 Å². The van der Waals surface area contributed by atoms with Crippen LogP contribution in [0.2, 0.25) is 0 Å². The quantitative estimate of drug-likeness (QED) is 0.281. The molecule has 0 aliphatic carbocycles. The topological polar surface area (TPSA) is 21.4 Å². The second kappa shape index (κ2) is 3.32. The van der Waals surface area contributed by atoms with Crippen LogP contribution in [-0.4, -0.2) is 6.29 Å². The van der Waals surface area contributed by atoms with E-state index in [-0.39, 0.29) is 5.70 Å². The van der Waals surface area contributed by atoms with Gasteiger partial charge in [-0.3, -0.25) is 4.79 Å². The Kier molecular flexibility index (Phi) is 2.90. The van der Waals surface area contributed by atoms with E-state index in [1.807, 2.05) is 0 Å². The molecule has 0 amide bonds. The molecule has 0 fully saturated rings. The van der Waals surface area contributed by atoms with Gasteiger partial charge in [0.05, 0.1) is 0 Å². The molecule has 0 unspecified atom stereocenters. The number of hydrogen-bond donors (Lipinski definition) is 0. The molecule has 0 heterocycles. The Balaban J connectivity index is 3.94. The van der Waals surface area contributed by atoms with Gasteiger partial charge in [0.25, 0.3) is 6.57 Å². The molecule has 0 spiro atoms. The zero-order valence-electron chi connectivity index (χ0n) is 3.50. The van der Waals surface area contributed by atoms with Gasteiger partial charge in [-0.15, -0.1) is 5.41 Å². The molecule has 36 valence electrons. The Labute approximate surface area is 47.1 Å². The highest BCUT2D eigenvalue weighted by atomic mass is 32.1. The zero-order valence-corrected chi connectivity index (χ0v) is 4.31. The first-order valence-electron chi connectivity index (χ1n) is 1.53. The molecular formula is C4H3NOS. The second-order valence-electron chi connectivity index (χ2n) is 0.790. The van der Waals surface area contributed by atoms with Gasteiger partial charge in [0, 0.05) is 0 Å². The number of carbonyl (C=O) groups is 1. The van der Waals surface area contributed by atoms with Crippen LogP contribution in [0, 0.1) is 6.57 Å². The van der Waals surface area contributed by atoms with Crippen molar-refractivity contribution in [3.63, 3.8) is 0 Å². The molecule has 3 heteroatoms. The summed E-state index contributed by atoms with van der Waals surface area (Å²) in [5, 5.41) is 1.12. The Hall–Kier alpha value is -0.880. The van der Waals surface area contributed by atoms with Crippen LogP contribution in [0.1, 0.15) is 0 Å². The molecule has 0 radical (unpaired) electrons. The molecule has 2 nitrogen and oxygen atoms in total. The molecule has 0 saturated carbocycles. The molecule has 0 aliphatic rings. The summed E-state index contributed by atoms with van der Waals surface area (Å²) in [6, 6.07) is 0. The van der Waals surface area contributed by atoms with Crippen molar-refractivity contribution in [3.05, 3.63) is 16.0 Å². The SMILES string of the molecule is C#[N+]/C(C=O)=C\[S-]. The number of carbonyl (C=O) groups excluding carboxylic acids is 1. The maximum absolute atomic E-state index is 9.66. The summed E-state index contributed by atoms with van der Waals surface area (Å²) in [4.78, 5) is 12.7. The average molecular weight is 113 g/mol. The summed E-state index contributed by atoms with van der Waals surface area (Å²) in [6.45, 7) is 4.65. The van der Waals surface area contributed by atoms with E-state index in [9.17, 15) is 4.79 Å². The van der Waals surface area contributed by atoms with Crippen molar-refractivity contribution < 1.29 is 4.79 Å². The van der Waals surface area contributed by atoms with Crippen LogP contribution in [0.15, 0.2) is 11.1 Å². The van der Waals surface area contributed by atoms with Gasteiger partial charge in [0.2, 0.25) is 6.29 Å². The van der Waals surface area contributed by atoms with E-state index in [0.717, 1.165) is 5.41 Å².